The fourth-order valence-electron chi connectivity index (χ4n) is 2.90. The first-order chi connectivity index (χ1) is 15.0. The first-order valence-corrected chi connectivity index (χ1v) is 9.95. The molecule has 1 aliphatic rings. The van der Waals surface area contributed by atoms with Gasteiger partial charge in [-0.15, -0.1) is 0 Å². The summed E-state index contributed by atoms with van der Waals surface area (Å²) in [7, 11) is 0. The highest BCUT2D eigenvalue weighted by molar-refractivity contribution is 5.92. The molecule has 0 bridgehead atoms. The van der Waals surface area contributed by atoms with E-state index in [-0.39, 0.29) is 36.2 Å². The third-order valence-corrected chi connectivity index (χ3v) is 4.76. The molecule has 1 amide bonds. The van der Waals surface area contributed by atoms with E-state index in [1.54, 1.807) is 6.92 Å². The number of pyridine rings is 1. The lowest BCUT2D eigenvalue weighted by molar-refractivity contribution is -0.148. The summed E-state index contributed by atoms with van der Waals surface area (Å²) in [6.07, 6.45) is -0.709. The van der Waals surface area contributed by atoms with Crippen LogP contribution in [0.15, 0.2) is 18.3 Å². The van der Waals surface area contributed by atoms with E-state index in [2.05, 4.69) is 20.3 Å². The lowest BCUT2D eigenvalue weighted by atomic mass is 10.2. The monoisotopic (exact) mass is 454 g/mol. The SMILES string of the molecule is Cc1cc(C(=O)NCc2cnc(OCC(F)(F)C(F)F)c(C)c2)nc(CC(=O)C2CC2)n1. The van der Waals surface area contributed by atoms with E-state index in [9.17, 15) is 27.2 Å². The van der Waals surface area contributed by atoms with E-state index in [1.165, 1.54) is 25.3 Å². The number of carbonyl (C=O) groups is 2. The highest BCUT2D eigenvalue weighted by Crippen LogP contribution is 2.30. The first kappa shape index (κ1) is 23.6. The predicted molar refractivity (Wildman–Crippen MR) is 105 cm³/mol. The van der Waals surface area contributed by atoms with Gasteiger partial charge >= 0.3 is 12.3 Å². The summed E-state index contributed by atoms with van der Waals surface area (Å²) in [5.74, 6) is -4.52. The van der Waals surface area contributed by atoms with Gasteiger partial charge in [0.15, 0.2) is 6.61 Å². The third-order valence-electron chi connectivity index (χ3n) is 4.76. The number of nitrogens with zero attached hydrogens (tertiary/aromatic N) is 3. The summed E-state index contributed by atoms with van der Waals surface area (Å²) < 4.78 is 55.2. The minimum atomic E-state index is -4.28. The zero-order valence-electron chi connectivity index (χ0n) is 17.5. The first-order valence-electron chi connectivity index (χ1n) is 9.95. The molecular formula is C21H22F4N4O3. The Labute approximate surface area is 181 Å². The maximum absolute atomic E-state index is 13.0. The highest BCUT2D eigenvalue weighted by Gasteiger charge is 2.42. The molecule has 2 heterocycles. The number of Topliss-reactive ketones (excluding diaryl/α,β-unsaturated/α-hetero) is 1. The maximum atomic E-state index is 13.0. The molecule has 1 N–H and O–H groups in total. The fraction of sp³-hybridized carbons (Fsp3) is 0.476. The quantitative estimate of drug-likeness (QED) is 0.554. The summed E-state index contributed by atoms with van der Waals surface area (Å²) in [5.41, 5.74) is 1.57. The molecule has 2 aromatic rings. The topological polar surface area (TPSA) is 94.1 Å². The molecule has 32 heavy (non-hydrogen) atoms. The molecule has 1 saturated carbocycles. The summed E-state index contributed by atoms with van der Waals surface area (Å²) in [4.78, 5) is 36.7. The molecule has 0 unspecified atom stereocenters. The molecule has 1 fully saturated rings. The van der Waals surface area contributed by atoms with Gasteiger partial charge < -0.3 is 10.1 Å². The van der Waals surface area contributed by atoms with E-state index in [0.29, 0.717) is 22.6 Å². The van der Waals surface area contributed by atoms with Crippen LogP contribution in [0.3, 0.4) is 0 Å². The Morgan fingerprint density at radius 3 is 2.56 bits per heavy atom. The normalized spacial score (nSPS) is 13.8. The number of alkyl halides is 4. The average molecular weight is 454 g/mol. The molecule has 7 nitrogen and oxygen atoms in total. The Morgan fingerprint density at radius 2 is 1.94 bits per heavy atom. The maximum Gasteiger partial charge on any atom is 0.340 e. The molecule has 0 aliphatic heterocycles. The van der Waals surface area contributed by atoms with Crippen molar-refractivity contribution in [1.29, 1.82) is 0 Å². The van der Waals surface area contributed by atoms with Gasteiger partial charge in [-0.3, -0.25) is 9.59 Å². The van der Waals surface area contributed by atoms with Gasteiger partial charge in [0.25, 0.3) is 5.91 Å². The van der Waals surface area contributed by atoms with Crippen molar-refractivity contribution in [1.82, 2.24) is 20.3 Å². The molecule has 0 saturated heterocycles. The van der Waals surface area contributed by atoms with Gasteiger partial charge in [0.05, 0.1) is 6.42 Å². The Kier molecular flexibility index (Phi) is 7.05. The van der Waals surface area contributed by atoms with Crippen molar-refractivity contribution in [2.24, 2.45) is 5.92 Å². The second-order valence-electron chi connectivity index (χ2n) is 7.73. The van der Waals surface area contributed by atoms with Crippen molar-refractivity contribution in [2.75, 3.05) is 6.61 Å². The van der Waals surface area contributed by atoms with Crippen LogP contribution in [0.1, 0.15) is 46.0 Å². The Morgan fingerprint density at radius 1 is 1.22 bits per heavy atom. The van der Waals surface area contributed by atoms with Crippen LogP contribution >= 0.6 is 0 Å². The average Bonchev–Trinajstić information content (AvgIpc) is 3.56. The summed E-state index contributed by atoms with van der Waals surface area (Å²) in [6.45, 7) is 1.78. The van der Waals surface area contributed by atoms with Crippen molar-refractivity contribution in [3.8, 4) is 5.88 Å². The van der Waals surface area contributed by atoms with Crippen LogP contribution in [-0.2, 0) is 17.8 Å². The van der Waals surface area contributed by atoms with E-state index in [4.69, 9.17) is 4.74 Å². The van der Waals surface area contributed by atoms with Crippen LogP contribution in [0, 0.1) is 19.8 Å². The second kappa shape index (κ2) is 9.58. The predicted octanol–water partition coefficient (Wildman–Crippen LogP) is 3.22. The van der Waals surface area contributed by atoms with Crippen LogP contribution in [0.4, 0.5) is 17.6 Å². The number of hydrogen-bond acceptors (Lipinski definition) is 6. The van der Waals surface area contributed by atoms with Crippen molar-refractivity contribution in [2.45, 2.75) is 52.0 Å². The Bertz CT molecular complexity index is 1010. The summed E-state index contributed by atoms with van der Waals surface area (Å²) in [6, 6.07) is 3.04. The smallest absolute Gasteiger partial charge is 0.340 e. The van der Waals surface area contributed by atoms with Crippen LogP contribution in [0.5, 0.6) is 5.88 Å². The molecule has 11 heteroatoms. The molecule has 0 spiro atoms. The highest BCUT2D eigenvalue weighted by atomic mass is 19.3. The molecule has 0 aromatic carbocycles. The van der Waals surface area contributed by atoms with E-state index < -0.39 is 24.9 Å². The van der Waals surface area contributed by atoms with Crippen LogP contribution < -0.4 is 10.1 Å². The van der Waals surface area contributed by atoms with Crippen molar-refractivity contribution in [3.63, 3.8) is 0 Å². The molecule has 0 atom stereocenters. The summed E-state index contributed by atoms with van der Waals surface area (Å²) >= 11 is 0. The second-order valence-corrected chi connectivity index (χ2v) is 7.73. The van der Waals surface area contributed by atoms with Crippen LogP contribution in [0.2, 0.25) is 0 Å². The minimum Gasteiger partial charge on any atom is -0.471 e. The number of aromatic nitrogens is 3. The van der Waals surface area contributed by atoms with Crippen molar-refractivity contribution < 1.29 is 31.9 Å². The fourth-order valence-corrected chi connectivity index (χ4v) is 2.90. The number of amides is 1. The molecule has 3 rings (SSSR count). The molecule has 2 aromatic heterocycles. The summed E-state index contributed by atoms with van der Waals surface area (Å²) in [5, 5.41) is 2.66. The van der Waals surface area contributed by atoms with Crippen LogP contribution in [0.25, 0.3) is 0 Å². The minimum absolute atomic E-state index is 0.0551. The molecular weight excluding hydrogens is 432 g/mol. The molecule has 1 aliphatic carbocycles. The van der Waals surface area contributed by atoms with Crippen molar-refractivity contribution in [3.05, 3.63) is 46.7 Å². The van der Waals surface area contributed by atoms with Crippen LogP contribution in [-0.4, -0.2) is 45.6 Å². The van der Waals surface area contributed by atoms with Gasteiger partial charge in [0, 0.05) is 29.9 Å². The number of aryl methyl sites for hydroxylation is 2. The zero-order chi connectivity index (χ0) is 23.5. The van der Waals surface area contributed by atoms with Gasteiger partial charge in [-0.1, -0.05) is 0 Å². The third kappa shape index (κ3) is 6.21. The number of halogens is 4. The van der Waals surface area contributed by atoms with Gasteiger partial charge in [-0.05, 0) is 44.4 Å². The lowest BCUT2D eigenvalue weighted by Crippen LogP contribution is -2.34. The molecule has 0 radical (unpaired) electrons. The van der Waals surface area contributed by atoms with E-state index in [0.717, 1.165) is 12.8 Å². The van der Waals surface area contributed by atoms with Crippen molar-refractivity contribution >= 4 is 11.7 Å². The zero-order valence-corrected chi connectivity index (χ0v) is 17.5. The number of ketones is 1. The van der Waals surface area contributed by atoms with Gasteiger partial charge in [-0.2, -0.15) is 8.78 Å². The standard InChI is InChI=1S/C21H22F4N4O3/c1-11-5-13(9-27-19(11)32-10-21(24,25)20(22)23)8-26-18(31)15-6-12(2)28-17(29-15)7-16(30)14-3-4-14/h5-6,9,14,20H,3-4,7-8,10H2,1-2H3,(H,26,31). The largest absolute Gasteiger partial charge is 0.471 e. The Hall–Kier alpha value is -3.11. The number of ether oxygens (including phenoxy) is 1. The number of hydrogen-bond donors (Lipinski definition) is 1. The Balaban J connectivity index is 1.59. The number of nitrogens with one attached hydrogen (secondary N) is 1. The number of rotatable bonds is 10. The van der Waals surface area contributed by atoms with Gasteiger partial charge in [-0.25, -0.2) is 23.7 Å². The lowest BCUT2D eigenvalue weighted by Gasteiger charge is -2.16. The molecule has 172 valence electrons. The van der Waals surface area contributed by atoms with E-state index >= 15 is 0 Å². The van der Waals surface area contributed by atoms with Gasteiger partial charge in [0.1, 0.15) is 17.3 Å². The number of carbonyl (C=O) groups excluding carboxylic acids is 2. The van der Waals surface area contributed by atoms with Gasteiger partial charge in [0.2, 0.25) is 5.88 Å². The van der Waals surface area contributed by atoms with E-state index in [1.807, 2.05) is 0 Å².